The van der Waals surface area contributed by atoms with Crippen molar-refractivity contribution >= 4 is 44.9 Å². The Balaban J connectivity index is 1.48. The number of nitrogens with one attached hydrogen (secondary N) is 3. The van der Waals surface area contributed by atoms with Crippen molar-refractivity contribution in [2.45, 2.75) is 11.8 Å². The second kappa shape index (κ2) is 9.48. The molecule has 0 bridgehead atoms. The monoisotopic (exact) mass is 496 g/mol. The second-order valence-electron chi connectivity index (χ2n) is 7.57. The fraction of sp³-hybridized carbons (Fsp3) is 0.0909. The molecule has 35 heavy (non-hydrogen) atoms. The van der Waals surface area contributed by atoms with E-state index in [1.165, 1.54) is 6.07 Å². The Morgan fingerprint density at radius 3 is 2.43 bits per heavy atom. The van der Waals surface area contributed by atoms with E-state index in [1.54, 1.807) is 67.3 Å². The maximum atomic E-state index is 14.3. The van der Waals surface area contributed by atoms with Crippen molar-refractivity contribution < 1.29 is 17.6 Å². The van der Waals surface area contributed by atoms with Gasteiger partial charge in [-0.2, -0.15) is 10.1 Å². The van der Waals surface area contributed by atoms with Crippen LogP contribution < -0.4 is 21.1 Å². The molecular formula is C22H21FN8O3S. The summed E-state index contributed by atoms with van der Waals surface area (Å²) >= 11 is 0. The van der Waals surface area contributed by atoms with Gasteiger partial charge in [0.2, 0.25) is 16.0 Å². The Kier molecular flexibility index (Phi) is 6.44. The number of aryl methyl sites for hydroxylation is 2. The number of halogens is 1. The minimum absolute atomic E-state index is 0.0319. The summed E-state index contributed by atoms with van der Waals surface area (Å²) in [5.74, 6) is -0.711. The highest BCUT2D eigenvalue weighted by molar-refractivity contribution is 7.89. The molecule has 0 aliphatic rings. The fourth-order valence-electron chi connectivity index (χ4n) is 3.14. The van der Waals surface area contributed by atoms with Gasteiger partial charge in [0.15, 0.2) is 17.5 Å². The summed E-state index contributed by atoms with van der Waals surface area (Å²) in [5, 5.41) is 17.7. The lowest BCUT2D eigenvalue weighted by Crippen LogP contribution is -2.14. The number of hydrogen-bond donors (Lipinski definition) is 4. The molecule has 2 aromatic heterocycles. The fourth-order valence-corrected chi connectivity index (χ4v) is 3.95. The topological polar surface area (TPSA) is 157 Å². The lowest BCUT2D eigenvalue weighted by Gasteiger charge is -2.11. The van der Waals surface area contributed by atoms with Crippen LogP contribution in [0.1, 0.15) is 15.9 Å². The SMILES string of the molecule is Cc1ccc(Nc2ncc(F)c(Nc3ccc(C(=O)Nc4ccn(C)n4)cc3)n2)cc1S(N)(=O)=O. The molecule has 2 heterocycles. The van der Waals surface area contributed by atoms with Gasteiger partial charge < -0.3 is 16.0 Å². The highest BCUT2D eigenvalue weighted by atomic mass is 32.2. The van der Waals surface area contributed by atoms with Gasteiger partial charge in [0, 0.05) is 36.2 Å². The minimum Gasteiger partial charge on any atom is -0.338 e. The smallest absolute Gasteiger partial charge is 0.256 e. The number of sulfonamides is 1. The number of hydrogen-bond acceptors (Lipinski definition) is 8. The van der Waals surface area contributed by atoms with E-state index >= 15 is 0 Å². The number of anilines is 5. The Morgan fingerprint density at radius 1 is 1.06 bits per heavy atom. The summed E-state index contributed by atoms with van der Waals surface area (Å²) in [6.07, 6.45) is 2.68. The minimum atomic E-state index is -3.92. The van der Waals surface area contributed by atoms with Crippen LogP contribution in [0, 0.1) is 12.7 Å². The Labute approximate surface area is 200 Å². The average Bonchev–Trinajstić information content (AvgIpc) is 3.21. The zero-order valence-electron chi connectivity index (χ0n) is 18.7. The van der Waals surface area contributed by atoms with Gasteiger partial charge in [0.05, 0.1) is 11.1 Å². The van der Waals surface area contributed by atoms with Crippen molar-refractivity contribution in [1.82, 2.24) is 19.7 Å². The number of carbonyl (C=O) groups excluding carboxylic acids is 1. The van der Waals surface area contributed by atoms with Crippen molar-refractivity contribution in [2.24, 2.45) is 12.2 Å². The molecule has 0 saturated carbocycles. The maximum absolute atomic E-state index is 14.3. The second-order valence-corrected chi connectivity index (χ2v) is 9.10. The molecule has 1 amide bonds. The highest BCUT2D eigenvalue weighted by Crippen LogP contribution is 2.23. The molecule has 180 valence electrons. The number of carbonyl (C=O) groups is 1. The number of nitrogens with zero attached hydrogens (tertiary/aromatic N) is 4. The molecule has 0 fully saturated rings. The summed E-state index contributed by atoms with van der Waals surface area (Å²) in [6.45, 7) is 1.62. The molecular weight excluding hydrogens is 475 g/mol. The lowest BCUT2D eigenvalue weighted by atomic mass is 10.2. The number of rotatable bonds is 7. The zero-order chi connectivity index (χ0) is 25.2. The third-order valence-electron chi connectivity index (χ3n) is 4.86. The quantitative estimate of drug-likeness (QED) is 0.304. The Bertz CT molecular complexity index is 1500. The first-order chi connectivity index (χ1) is 16.6. The standard InChI is InChI=1S/C22H21FN8O3S/c1-13-3-6-16(11-18(13)35(24,33)34)27-22-25-12-17(23)20(29-22)26-15-7-4-14(5-8-15)21(32)28-19-9-10-31(2)30-19/h3-12H,1-2H3,(H2,24,33,34)(H,28,30,32)(H2,25,26,27,29). The molecule has 0 spiro atoms. The number of nitrogens with two attached hydrogens (primary N) is 1. The molecule has 4 rings (SSSR count). The summed E-state index contributed by atoms with van der Waals surface area (Å²) in [6, 6.07) is 12.6. The number of amides is 1. The summed E-state index contributed by atoms with van der Waals surface area (Å²) in [5.41, 5.74) is 1.71. The van der Waals surface area contributed by atoms with E-state index in [4.69, 9.17) is 5.14 Å². The predicted molar refractivity (Wildman–Crippen MR) is 129 cm³/mol. The van der Waals surface area contributed by atoms with Gasteiger partial charge in [0.1, 0.15) is 0 Å². The maximum Gasteiger partial charge on any atom is 0.256 e. The van der Waals surface area contributed by atoms with E-state index in [9.17, 15) is 17.6 Å². The Morgan fingerprint density at radius 2 is 1.77 bits per heavy atom. The first kappa shape index (κ1) is 23.8. The first-order valence-electron chi connectivity index (χ1n) is 10.2. The molecule has 0 saturated heterocycles. The van der Waals surface area contributed by atoms with Crippen molar-refractivity contribution in [2.75, 3.05) is 16.0 Å². The molecule has 0 radical (unpaired) electrons. The van der Waals surface area contributed by atoms with Crippen LogP contribution in [-0.2, 0) is 17.1 Å². The van der Waals surface area contributed by atoms with Gasteiger partial charge in [-0.05, 0) is 48.9 Å². The van der Waals surface area contributed by atoms with Crippen molar-refractivity contribution in [1.29, 1.82) is 0 Å². The van der Waals surface area contributed by atoms with Crippen molar-refractivity contribution in [3.05, 3.63) is 77.9 Å². The number of benzene rings is 2. The molecule has 4 aromatic rings. The van der Waals surface area contributed by atoms with E-state index < -0.39 is 15.8 Å². The van der Waals surface area contributed by atoms with Gasteiger partial charge in [-0.25, -0.2) is 22.9 Å². The van der Waals surface area contributed by atoms with Gasteiger partial charge >= 0.3 is 0 Å². The van der Waals surface area contributed by atoms with Crippen LogP contribution in [0.5, 0.6) is 0 Å². The van der Waals surface area contributed by atoms with E-state index in [-0.39, 0.29) is 22.6 Å². The van der Waals surface area contributed by atoms with E-state index in [2.05, 4.69) is 31.0 Å². The average molecular weight is 497 g/mol. The van der Waals surface area contributed by atoms with E-state index in [0.29, 0.717) is 28.3 Å². The molecule has 2 aromatic carbocycles. The van der Waals surface area contributed by atoms with Crippen LogP contribution in [0.15, 0.2) is 65.8 Å². The molecule has 0 aliphatic heterocycles. The summed E-state index contributed by atoms with van der Waals surface area (Å²) in [7, 11) is -2.17. The third kappa shape index (κ3) is 5.77. The van der Waals surface area contributed by atoms with Crippen LogP contribution in [0.2, 0.25) is 0 Å². The highest BCUT2D eigenvalue weighted by Gasteiger charge is 2.14. The predicted octanol–water partition coefficient (Wildman–Crippen LogP) is 3.04. The molecule has 0 aliphatic carbocycles. The molecule has 0 atom stereocenters. The normalized spacial score (nSPS) is 11.2. The van der Waals surface area contributed by atoms with E-state index in [0.717, 1.165) is 6.20 Å². The first-order valence-corrected chi connectivity index (χ1v) is 11.7. The Hall–Kier alpha value is -4.36. The third-order valence-corrected chi connectivity index (χ3v) is 5.91. The van der Waals surface area contributed by atoms with Crippen molar-refractivity contribution in [3.8, 4) is 0 Å². The summed E-state index contributed by atoms with van der Waals surface area (Å²) in [4.78, 5) is 20.3. The van der Waals surface area contributed by atoms with Gasteiger partial charge in [0.25, 0.3) is 5.91 Å². The van der Waals surface area contributed by atoms with Crippen LogP contribution in [0.4, 0.5) is 33.3 Å². The number of primary sulfonamides is 1. The molecule has 11 nitrogen and oxygen atoms in total. The molecule has 5 N–H and O–H groups in total. The molecule has 0 unspecified atom stereocenters. The van der Waals surface area contributed by atoms with Crippen molar-refractivity contribution in [3.63, 3.8) is 0 Å². The zero-order valence-corrected chi connectivity index (χ0v) is 19.5. The van der Waals surface area contributed by atoms with Gasteiger partial charge in [-0.1, -0.05) is 6.07 Å². The largest absolute Gasteiger partial charge is 0.338 e. The van der Waals surface area contributed by atoms with Crippen LogP contribution >= 0.6 is 0 Å². The molecule has 13 heteroatoms. The lowest BCUT2D eigenvalue weighted by molar-refractivity contribution is 0.102. The van der Waals surface area contributed by atoms with Crippen LogP contribution in [-0.4, -0.2) is 34.1 Å². The number of aromatic nitrogens is 4. The van der Waals surface area contributed by atoms with Crippen LogP contribution in [0.25, 0.3) is 0 Å². The van der Waals surface area contributed by atoms with Gasteiger partial charge in [-0.15, -0.1) is 0 Å². The van der Waals surface area contributed by atoms with E-state index in [1.807, 2.05) is 0 Å². The van der Waals surface area contributed by atoms with Crippen LogP contribution in [0.3, 0.4) is 0 Å². The summed E-state index contributed by atoms with van der Waals surface area (Å²) < 4.78 is 39.4. The van der Waals surface area contributed by atoms with Gasteiger partial charge in [-0.3, -0.25) is 9.48 Å².